The average molecular weight is 202 g/mol. The number of nitrogens with two attached hydrogens (primary N) is 1. The molecule has 0 aliphatic rings. The predicted octanol–water partition coefficient (Wildman–Crippen LogP) is 1.30. The molecule has 0 aromatic heterocycles. The quantitative estimate of drug-likeness (QED) is 0.571. The van der Waals surface area contributed by atoms with Crippen LogP contribution >= 0.6 is 0 Å². The van der Waals surface area contributed by atoms with Gasteiger partial charge in [-0.3, -0.25) is 4.79 Å². The predicted molar refractivity (Wildman–Crippen MR) is 60.8 cm³/mol. The van der Waals surface area contributed by atoms with Crippen molar-refractivity contribution in [3.63, 3.8) is 0 Å². The van der Waals surface area contributed by atoms with Crippen molar-refractivity contribution >= 4 is 11.6 Å². The van der Waals surface area contributed by atoms with E-state index in [2.05, 4.69) is 11.2 Å². The van der Waals surface area contributed by atoms with Gasteiger partial charge in [0.15, 0.2) is 0 Å². The van der Waals surface area contributed by atoms with Crippen molar-refractivity contribution in [2.75, 3.05) is 5.73 Å². The van der Waals surface area contributed by atoms with Gasteiger partial charge in [0, 0.05) is 25.1 Å². The Kier molecular flexibility index (Phi) is 4.24. The molecule has 0 unspecified atom stereocenters. The molecule has 3 heteroatoms. The lowest BCUT2D eigenvalue weighted by Gasteiger charge is -2.06. The van der Waals surface area contributed by atoms with Crippen LogP contribution in [0.15, 0.2) is 24.3 Å². The molecule has 1 rings (SSSR count). The van der Waals surface area contributed by atoms with Crippen LogP contribution < -0.4 is 11.1 Å². The number of benzene rings is 1. The Morgan fingerprint density at radius 2 is 2.20 bits per heavy atom. The van der Waals surface area contributed by atoms with E-state index in [1.54, 1.807) is 0 Å². The van der Waals surface area contributed by atoms with E-state index in [1.807, 2.05) is 24.3 Å². The average Bonchev–Trinajstić information content (AvgIpc) is 2.25. The van der Waals surface area contributed by atoms with Crippen molar-refractivity contribution in [3.8, 4) is 12.3 Å². The number of hydrogen-bond acceptors (Lipinski definition) is 2. The molecular weight excluding hydrogens is 188 g/mol. The maximum atomic E-state index is 11.2. The van der Waals surface area contributed by atoms with Crippen LogP contribution in [0.3, 0.4) is 0 Å². The van der Waals surface area contributed by atoms with Gasteiger partial charge in [-0.05, 0) is 11.6 Å². The fourth-order valence-electron chi connectivity index (χ4n) is 1.16. The molecule has 0 spiro atoms. The molecule has 1 aromatic carbocycles. The minimum Gasteiger partial charge on any atom is -0.398 e. The number of rotatable bonds is 4. The number of carbonyl (C=O) groups is 1. The van der Waals surface area contributed by atoms with E-state index < -0.39 is 0 Å². The van der Waals surface area contributed by atoms with Gasteiger partial charge in [-0.1, -0.05) is 18.2 Å². The summed E-state index contributed by atoms with van der Waals surface area (Å²) in [4.78, 5) is 11.2. The van der Waals surface area contributed by atoms with Crippen LogP contribution in [0.25, 0.3) is 0 Å². The third kappa shape index (κ3) is 3.74. The molecule has 1 amide bonds. The molecule has 0 heterocycles. The van der Waals surface area contributed by atoms with Crippen molar-refractivity contribution in [1.29, 1.82) is 0 Å². The molecule has 78 valence electrons. The second kappa shape index (κ2) is 5.71. The molecule has 3 N–H and O–H groups in total. The number of carbonyl (C=O) groups excluding carboxylic acids is 1. The fraction of sp³-hybridized carbons (Fsp3) is 0.250. The monoisotopic (exact) mass is 202 g/mol. The molecule has 0 aliphatic heterocycles. The van der Waals surface area contributed by atoms with Crippen molar-refractivity contribution in [3.05, 3.63) is 29.8 Å². The van der Waals surface area contributed by atoms with Gasteiger partial charge in [-0.15, -0.1) is 12.3 Å². The summed E-state index contributed by atoms with van der Waals surface area (Å²) in [6.45, 7) is 0.454. The van der Waals surface area contributed by atoms with E-state index in [0.29, 0.717) is 25.1 Å². The normalized spacial score (nSPS) is 9.27. The molecule has 0 radical (unpaired) electrons. The van der Waals surface area contributed by atoms with E-state index in [0.717, 1.165) is 5.56 Å². The van der Waals surface area contributed by atoms with Crippen molar-refractivity contribution in [1.82, 2.24) is 5.32 Å². The number of nitrogen functional groups attached to an aromatic ring is 1. The minimum atomic E-state index is -0.0452. The van der Waals surface area contributed by atoms with E-state index in [1.165, 1.54) is 0 Å². The molecule has 0 atom stereocenters. The van der Waals surface area contributed by atoms with Crippen molar-refractivity contribution in [2.24, 2.45) is 0 Å². The van der Waals surface area contributed by atoms with Gasteiger partial charge in [-0.25, -0.2) is 0 Å². The lowest BCUT2D eigenvalue weighted by atomic mass is 10.2. The Balaban J connectivity index is 2.41. The van der Waals surface area contributed by atoms with Gasteiger partial charge >= 0.3 is 0 Å². The highest BCUT2D eigenvalue weighted by molar-refractivity contribution is 5.76. The highest BCUT2D eigenvalue weighted by atomic mass is 16.1. The largest absolute Gasteiger partial charge is 0.398 e. The summed E-state index contributed by atoms with van der Waals surface area (Å²) in [6.07, 6.45) is 5.89. The number of terminal acetylenes is 1. The summed E-state index contributed by atoms with van der Waals surface area (Å²) in [5.41, 5.74) is 7.34. The second-order valence-corrected chi connectivity index (χ2v) is 3.18. The zero-order chi connectivity index (χ0) is 11.1. The zero-order valence-electron chi connectivity index (χ0n) is 8.49. The van der Waals surface area contributed by atoms with Crippen molar-refractivity contribution < 1.29 is 4.79 Å². The topological polar surface area (TPSA) is 55.1 Å². The third-order valence-electron chi connectivity index (χ3n) is 2.03. The molecule has 3 nitrogen and oxygen atoms in total. The Hall–Kier alpha value is -1.95. The maximum Gasteiger partial charge on any atom is 0.221 e. The summed E-state index contributed by atoms with van der Waals surface area (Å²) in [5.74, 6) is 2.38. The van der Waals surface area contributed by atoms with Gasteiger partial charge < -0.3 is 11.1 Å². The van der Waals surface area contributed by atoms with Crippen LogP contribution in [-0.4, -0.2) is 5.91 Å². The smallest absolute Gasteiger partial charge is 0.221 e. The van der Waals surface area contributed by atoms with Gasteiger partial charge in [0.05, 0.1) is 0 Å². The van der Waals surface area contributed by atoms with Gasteiger partial charge in [0.1, 0.15) is 0 Å². The highest BCUT2D eigenvalue weighted by Crippen LogP contribution is 2.09. The first-order valence-corrected chi connectivity index (χ1v) is 4.77. The first-order chi connectivity index (χ1) is 7.24. The molecule has 0 fully saturated rings. The van der Waals surface area contributed by atoms with E-state index in [4.69, 9.17) is 12.2 Å². The molecular formula is C12H14N2O. The maximum absolute atomic E-state index is 11.2. The van der Waals surface area contributed by atoms with Crippen LogP contribution in [0.1, 0.15) is 18.4 Å². The molecule has 0 saturated carbocycles. The number of anilines is 1. The second-order valence-electron chi connectivity index (χ2n) is 3.18. The van der Waals surface area contributed by atoms with Crippen LogP contribution in [-0.2, 0) is 11.3 Å². The fourth-order valence-corrected chi connectivity index (χ4v) is 1.16. The Labute approximate surface area is 89.7 Å². The summed E-state index contributed by atoms with van der Waals surface area (Å²) < 4.78 is 0. The van der Waals surface area contributed by atoms with Gasteiger partial charge in [0.2, 0.25) is 5.91 Å². The number of hydrogen-bond donors (Lipinski definition) is 2. The van der Waals surface area contributed by atoms with Gasteiger partial charge in [-0.2, -0.15) is 0 Å². The summed E-state index contributed by atoms with van der Waals surface area (Å²) in [7, 11) is 0. The summed E-state index contributed by atoms with van der Waals surface area (Å²) in [6, 6.07) is 7.44. The summed E-state index contributed by atoms with van der Waals surface area (Å²) >= 11 is 0. The number of nitrogens with one attached hydrogen (secondary N) is 1. The SMILES string of the molecule is C#CCCC(=O)NCc1ccccc1N. The Morgan fingerprint density at radius 3 is 2.87 bits per heavy atom. The standard InChI is InChI=1S/C12H14N2O/c1-2-3-8-12(15)14-9-10-6-4-5-7-11(10)13/h1,4-7H,3,8-9,13H2,(H,14,15). The van der Waals surface area contributed by atoms with Crippen LogP contribution in [0, 0.1) is 12.3 Å². The molecule has 0 saturated heterocycles. The van der Waals surface area contributed by atoms with E-state index in [-0.39, 0.29) is 5.91 Å². The molecule has 1 aromatic rings. The van der Waals surface area contributed by atoms with Crippen molar-refractivity contribution in [2.45, 2.75) is 19.4 Å². The Bertz CT molecular complexity index is 379. The van der Waals surface area contributed by atoms with Gasteiger partial charge in [0.25, 0.3) is 0 Å². The summed E-state index contributed by atoms with van der Waals surface area (Å²) in [5, 5.41) is 2.76. The molecule has 15 heavy (non-hydrogen) atoms. The van der Waals surface area contributed by atoms with E-state index >= 15 is 0 Å². The highest BCUT2D eigenvalue weighted by Gasteiger charge is 2.01. The third-order valence-corrected chi connectivity index (χ3v) is 2.03. The van der Waals surface area contributed by atoms with Crippen LogP contribution in [0.5, 0.6) is 0 Å². The molecule has 0 bridgehead atoms. The lowest BCUT2D eigenvalue weighted by Crippen LogP contribution is -2.22. The van der Waals surface area contributed by atoms with Crippen LogP contribution in [0.4, 0.5) is 5.69 Å². The van der Waals surface area contributed by atoms with Crippen LogP contribution in [0.2, 0.25) is 0 Å². The lowest BCUT2D eigenvalue weighted by molar-refractivity contribution is -0.121. The van der Waals surface area contributed by atoms with E-state index in [9.17, 15) is 4.79 Å². The molecule has 0 aliphatic carbocycles. The number of amides is 1. The number of para-hydroxylation sites is 1. The first-order valence-electron chi connectivity index (χ1n) is 4.77. The Morgan fingerprint density at radius 1 is 1.47 bits per heavy atom. The first kappa shape index (κ1) is 11.1. The zero-order valence-corrected chi connectivity index (χ0v) is 8.49. The minimum absolute atomic E-state index is 0.0452.